The molecule has 2 aromatic rings. The van der Waals surface area contributed by atoms with Crippen LogP contribution in [0.4, 0.5) is 0 Å². The number of aryl methyl sites for hydroxylation is 1. The molecule has 0 aliphatic carbocycles. The molecule has 1 N–H and O–H groups in total. The van der Waals surface area contributed by atoms with Gasteiger partial charge in [0.1, 0.15) is 0 Å². The lowest BCUT2D eigenvalue weighted by atomic mass is 9.99. The highest BCUT2D eigenvalue weighted by Gasteiger charge is 2.26. The molecule has 1 aromatic heterocycles. The van der Waals surface area contributed by atoms with Crippen LogP contribution in [0.25, 0.3) is 0 Å². The zero-order chi connectivity index (χ0) is 16.9. The molecule has 1 fully saturated rings. The zero-order valence-corrected chi connectivity index (χ0v) is 14.6. The predicted molar refractivity (Wildman–Crippen MR) is 94.8 cm³/mol. The van der Waals surface area contributed by atoms with Crippen LogP contribution in [-0.4, -0.2) is 50.3 Å². The van der Waals surface area contributed by atoms with Crippen molar-refractivity contribution in [3.63, 3.8) is 0 Å². The minimum atomic E-state index is 0.117. The smallest absolute Gasteiger partial charge is 0.161 e. The largest absolute Gasteiger partial charge is 0.493 e. The molecule has 24 heavy (non-hydrogen) atoms. The number of methoxy groups -OCH3 is 2. The standard InChI is InChI=1S/C19H25N3O2/c1-14-5-4-6-16(21-14)19(22-11-9-20-10-12-22)15-7-8-17(23-2)18(13-15)24-3/h4-8,13,19-20H,9-12H2,1-3H3. The van der Waals surface area contributed by atoms with Crippen LogP contribution in [-0.2, 0) is 0 Å². The molecule has 1 aromatic carbocycles. The van der Waals surface area contributed by atoms with Gasteiger partial charge in [-0.05, 0) is 36.8 Å². The minimum absolute atomic E-state index is 0.117. The van der Waals surface area contributed by atoms with Gasteiger partial charge in [0.2, 0.25) is 0 Å². The van der Waals surface area contributed by atoms with E-state index in [-0.39, 0.29) is 6.04 Å². The topological polar surface area (TPSA) is 46.6 Å². The molecule has 1 aliphatic heterocycles. The van der Waals surface area contributed by atoms with Crippen molar-refractivity contribution in [1.29, 1.82) is 0 Å². The first-order chi connectivity index (χ1) is 11.7. The average Bonchev–Trinajstić information content (AvgIpc) is 2.63. The SMILES string of the molecule is COc1ccc(C(c2cccc(C)n2)N2CCNCC2)cc1OC. The minimum Gasteiger partial charge on any atom is -0.493 e. The predicted octanol–water partition coefficient (Wildman–Crippen LogP) is 2.40. The van der Waals surface area contributed by atoms with Crippen molar-refractivity contribution in [1.82, 2.24) is 15.2 Å². The van der Waals surface area contributed by atoms with E-state index in [0.717, 1.165) is 49.1 Å². The molecular formula is C19H25N3O2. The molecule has 0 radical (unpaired) electrons. The number of benzene rings is 1. The highest BCUT2D eigenvalue weighted by Crippen LogP contribution is 2.34. The third-order valence-corrected chi connectivity index (χ3v) is 4.43. The first-order valence-corrected chi connectivity index (χ1v) is 8.33. The summed E-state index contributed by atoms with van der Waals surface area (Å²) in [5.41, 5.74) is 3.28. The number of hydrogen-bond acceptors (Lipinski definition) is 5. The Morgan fingerprint density at radius 1 is 1.04 bits per heavy atom. The molecule has 0 saturated carbocycles. The van der Waals surface area contributed by atoms with Crippen LogP contribution >= 0.6 is 0 Å². The van der Waals surface area contributed by atoms with Crippen molar-refractivity contribution >= 4 is 0 Å². The van der Waals surface area contributed by atoms with Gasteiger partial charge in [-0.15, -0.1) is 0 Å². The first kappa shape index (κ1) is 16.7. The second-order valence-corrected chi connectivity index (χ2v) is 6.01. The van der Waals surface area contributed by atoms with Crippen LogP contribution in [0.2, 0.25) is 0 Å². The average molecular weight is 327 g/mol. The first-order valence-electron chi connectivity index (χ1n) is 8.33. The molecular weight excluding hydrogens is 302 g/mol. The maximum Gasteiger partial charge on any atom is 0.161 e. The summed E-state index contributed by atoms with van der Waals surface area (Å²) in [4.78, 5) is 7.26. The summed E-state index contributed by atoms with van der Waals surface area (Å²) in [6.07, 6.45) is 0. The van der Waals surface area contributed by atoms with E-state index in [1.54, 1.807) is 14.2 Å². The fourth-order valence-electron chi connectivity index (χ4n) is 3.25. The van der Waals surface area contributed by atoms with Gasteiger partial charge in [-0.1, -0.05) is 12.1 Å². The number of rotatable bonds is 5. The Labute approximate surface area is 143 Å². The van der Waals surface area contributed by atoms with Crippen LogP contribution in [0, 0.1) is 6.92 Å². The second kappa shape index (κ2) is 7.64. The second-order valence-electron chi connectivity index (χ2n) is 6.01. The van der Waals surface area contributed by atoms with Gasteiger partial charge in [-0.2, -0.15) is 0 Å². The van der Waals surface area contributed by atoms with E-state index in [9.17, 15) is 0 Å². The Balaban J connectivity index is 2.03. The molecule has 1 unspecified atom stereocenters. The van der Waals surface area contributed by atoms with Gasteiger partial charge in [-0.3, -0.25) is 9.88 Å². The highest BCUT2D eigenvalue weighted by atomic mass is 16.5. The van der Waals surface area contributed by atoms with Crippen molar-refractivity contribution in [2.45, 2.75) is 13.0 Å². The summed E-state index contributed by atoms with van der Waals surface area (Å²) in [5.74, 6) is 1.50. The number of hydrogen-bond donors (Lipinski definition) is 1. The normalized spacial score (nSPS) is 16.6. The molecule has 2 heterocycles. The summed E-state index contributed by atoms with van der Waals surface area (Å²) in [7, 11) is 3.33. The van der Waals surface area contributed by atoms with Crippen LogP contribution in [0.3, 0.4) is 0 Å². The van der Waals surface area contributed by atoms with Crippen molar-refractivity contribution in [2.75, 3.05) is 40.4 Å². The van der Waals surface area contributed by atoms with Gasteiger partial charge < -0.3 is 14.8 Å². The molecule has 5 nitrogen and oxygen atoms in total. The Morgan fingerprint density at radius 3 is 2.46 bits per heavy atom. The van der Waals surface area contributed by atoms with Crippen molar-refractivity contribution < 1.29 is 9.47 Å². The van der Waals surface area contributed by atoms with E-state index in [2.05, 4.69) is 34.5 Å². The number of nitrogens with one attached hydrogen (secondary N) is 1. The summed E-state index contributed by atoms with van der Waals surface area (Å²) in [5, 5.41) is 3.42. The van der Waals surface area contributed by atoms with E-state index < -0.39 is 0 Å². The molecule has 3 rings (SSSR count). The van der Waals surface area contributed by atoms with Gasteiger partial charge in [0.15, 0.2) is 11.5 Å². The van der Waals surface area contributed by atoms with E-state index in [4.69, 9.17) is 14.5 Å². The van der Waals surface area contributed by atoms with Crippen molar-refractivity contribution in [3.8, 4) is 11.5 Å². The molecule has 1 aliphatic rings. The van der Waals surface area contributed by atoms with E-state index in [1.807, 2.05) is 19.1 Å². The lowest BCUT2D eigenvalue weighted by Crippen LogP contribution is -2.45. The van der Waals surface area contributed by atoms with Crippen molar-refractivity contribution in [2.24, 2.45) is 0 Å². The molecule has 1 atom stereocenters. The lowest BCUT2D eigenvalue weighted by Gasteiger charge is -2.35. The monoisotopic (exact) mass is 327 g/mol. The number of piperazine rings is 1. The molecule has 5 heteroatoms. The summed E-state index contributed by atoms with van der Waals surface area (Å²) < 4.78 is 10.9. The van der Waals surface area contributed by atoms with Crippen LogP contribution in [0.15, 0.2) is 36.4 Å². The molecule has 0 bridgehead atoms. The Bertz CT molecular complexity index is 684. The maximum absolute atomic E-state index is 5.50. The third-order valence-electron chi connectivity index (χ3n) is 4.43. The molecule has 0 amide bonds. The van der Waals surface area contributed by atoms with Crippen LogP contribution in [0.5, 0.6) is 11.5 Å². The van der Waals surface area contributed by atoms with Gasteiger partial charge in [0.25, 0.3) is 0 Å². The Kier molecular flexibility index (Phi) is 5.33. The Hall–Kier alpha value is -2.11. The third kappa shape index (κ3) is 3.52. The van der Waals surface area contributed by atoms with E-state index in [1.165, 1.54) is 5.56 Å². The quantitative estimate of drug-likeness (QED) is 0.914. The van der Waals surface area contributed by atoms with E-state index >= 15 is 0 Å². The van der Waals surface area contributed by atoms with Crippen molar-refractivity contribution in [3.05, 3.63) is 53.3 Å². The van der Waals surface area contributed by atoms with Gasteiger partial charge in [0, 0.05) is 31.9 Å². The lowest BCUT2D eigenvalue weighted by molar-refractivity contribution is 0.195. The van der Waals surface area contributed by atoms with Gasteiger partial charge in [-0.25, -0.2) is 0 Å². The highest BCUT2D eigenvalue weighted by molar-refractivity contribution is 5.45. The zero-order valence-electron chi connectivity index (χ0n) is 14.6. The number of ether oxygens (including phenoxy) is 2. The maximum atomic E-state index is 5.50. The molecule has 0 spiro atoms. The fraction of sp³-hybridized carbons (Fsp3) is 0.421. The number of nitrogens with zero attached hydrogens (tertiary/aromatic N) is 2. The number of pyridine rings is 1. The Morgan fingerprint density at radius 2 is 1.79 bits per heavy atom. The molecule has 128 valence electrons. The summed E-state index contributed by atoms with van der Waals surface area (Å²) in [6.45, 7) is 6.02. The van der Waals surface area contributed by atoms with E-state index in [0.29, 0.717) is 0 Å². The molecule has 1 saturated heterocycles. The number of aromatic nitrogens is 1. The fourth-order valence-corrected chi connectivity index (χ4v) is 3.25. The van der Waals surface area contributed by atoms with Crippen LogP contribution < -0.4 is 14.8 Å². The summed E-state index contributed by atoms with van der Waals surface area (Å²) >= 11 is 0. The van der Waals surface area contributed by atoms with Gasteiger partial charge in [0.05, 0.1) is 26.0 Å². The summed E-state index contributed by atoms with van der Waals surface area (Å²) in [6, 6.07) is 12.5. The van der Waals surface area contributed by atoms with Gasteiger partial charge >= 0.3 is 0 Å². The van der Waals surface area contributed by atoms with Crippen LogP contribution in [0.1, 0.15) is 23.0 Å².